The molecule has 2 aliphatic rings. The zero-order valence-corrected chi connectivity index (χ0v) is 15.3. The lowest BCUT2D eigenvalue weighted by Gasteiger charge is -2.48. The molecule has 2 aliphatic heterocycles. The zero-order valence-electron chi connectivity index (χ0n) is 15.3. The third-order valence-electron chi connectivity index (χ3n) is 4.95. The van der Waals surface area contributed by atoms with Gasteiger partial charge in [0.25, 0.3) is 0 Å². The molecule has 0 spiro atoms. The van der Waals surface area contributed by atoms with E-state index in [9.17, 15) is 23.5 Å². The summed E-state index contributed by atoms with van der Waals surface area (Å²) in [6.45, 7) is 2.22. The number of rotatable bonds is 3. The minimum absolute atomic E-state index is 0.0842. The number of alkyl halides is 2. The van der Waals surface area contributed by atoms with Crippen molar-refractivity contribution in [3.05, 3.63) is 23.8 Å². The molecule has 3 rings (SSSR count). The number of ether oxygens (including phenoxy) is 2. The van der Waals surface area contributed by atoms with E-state index >= 15 is 0 Å². The van der Waals surface area contributed by atoms with E-state index in [0.29, 0.717) is 17.9 Å². The van der Waals surface area contributed by atoms with Crippen LogP contribution < -0.4 is 9.47 Å². The van der Waals surface area contributed by atoms with Gasteiger partial charge in [0.05, 0.1) is 12.6 Å². The number of hydrogen-bond acceptors (Lipinski definition) is 5. The quantitative estimate of drug-likeness (QED) is 0.856. The number of carbonyl (C=O) groups excluding carboxylic acids is 2. The molecular formula is C18H22F2N2O5. The molecule has 1 fully saturated rings. The van der Waals surface area contributed by atoms with Crippen LogP contribution in [0.25, 0.3) is 0 Å². The van der Waals surface area contributed by atoms with Crippen molar-refractivity contribution >= 4 is 11.8 Å². The predicted molar refractivity (Wildman–Crippen MR) is 90.5 cm³/mol. The van der Waals surface area contributed by atoms with E-state index in [1.54, 1.807) is 13.8 Å². The van der Waals surface area contributed by atoms with Crippen molar-refractivity contribution in [1.29, 1.82) is 0 Å². The Morgan fingerprint density at radius 2 is 2.07 bits per heavy atom. The molecule has 2 amide bonds. The minimum Gasteiger partial charge on any atom is -0.485 e. The smallest absolute Gasteiger partial charge is 0.387 e. The Hall–Kier alpha value is -2.42. The third kappa shape index (κ3) is 3.69. The number of aliphatic hydroxyl groups is 1. The van der Waals surface area contributed by atoms with Crippen LogP contribution in [0.5, 0.6) is 11.5 Å². The van der Waals surface area contributed by atoms with Crippen molar-refractivity contribution in [2.45, 2.75) is 45.1 Å². The van der Waals surface area contributed by atoms with Gasteiger partial charge in [-0.15, -0.1) is 0 Å². The average Bonchev–Trinajstić information content (AvgIpc) is 2.56. The number of benzene rings is 1. The number of fused-ring (bicyclic) bond motifs is 1. The summed E-state index contributed by atoms with van der Waals surface area (Å²) in [4.78, 5) is 27.1. The largest absolute Gasteiger partial charge is 0.485 e. The second-order valence-corrected chi connectivity index (χ2v) is 7.20. The maximum atomic E-state index is 12.7. The average molecular weight is 384 g/mol. The molecule has 0 unspecified atom stereocenters. The van der Waals surface area contributed by atoms with E-state index in [1.807, 2.05) is 0 Å². The Kier molecular flexibility index (Phi) is 4.98. The fourth-order valence-electron chi connectivity index (χ4n) is 3.51. The van der Waals surface area contributed by atoms with Gasteiger partial charge in [-0.25, -0.2) is 0 Å². The molecule has 2 atom stereocenters. The summed E-state index contributed by atoms with van der Waals surface area (Å²) in [6, 6.07) is 3.40. The van der Waals surface area contributed by atoms with Crippen LogP contribution in [0, 0.1) is 0 Å². The van der Waals surface area contributed by atoms with Crippen LogP contribution >= 0.6 is 0 Å². The van der Waals surface area contributed by atoms with Gasteiger partial charge in [-0.2, -0.15) is 8.78 Å². The SMILES string of the molecule is CC(=O)N1CCN([C@H]2c3cc(OC(F)F)ccc3OC(C)(C)[C@@H]2O)C(=O)C1. The van der Waals surface area contributed by atoms with E-state index in [2.05, 4.69) is 4.74 Å². The van der Waals surface area contributed by atoms with Gasteiger partial charge >= 0.3 is 6.61 Å². The van der Waals surface area contributed by atoms with Crippen molar-refractivity contribution in [3.8, 4) is 11.5 Å². The van der Waals surface area contributed by atoms with E-state index in [0.717, 1.165) is 0 Å². The molecule has 0 bridgehead atoms. The summed E-state index contributed by atoms with van der Waals surface area (Å²) in [5.74, 6) is -0.231. The Morgan fingerprint density at radius 1 is 1.37 bits per heavy atom. The van der Waals surface area contributed by atoms with E-state index in [1.165, 1.54) is 34.9 Å². The Labute approximate surface area is 155 Å². The van der Waals surface area contributed by atoms with Gasteiger partial charge in [0.2, 0.25) is 11.8 Å². The summed E-state index contributed by atoms with van der Waals surface area (Å²) < 4.78 is 35.4. The molecule has 1 saturated heterocycles. The van der Waals surface area contributed by atoms with Gasteiger partial charge in [0.1, 0.15) is 23.2 Å². The van der Waals surface area contributed by atoms with Crippen LogP contribution in [0.3, 0.4) is 0 Å². The number of hydrogen-bond donors (Lipinski definition) is 1. The molecule has 7 nitrogen and oxygen atoms in total. The molecule has 27 heavy (non-hydrogen) atoms. The molecule has 2 heterocycles. The molecule has 1 aromatic carbocycles. The van der Waals surface area contributed by atoms with Gasteiger partial charge in [-0.05, 0) is 32.0 Å². The molecule has 148 valence electrons. The summed E-state index contributed by atoms with van der Waals surface area (Å²) in [7, 11) is 0. The summed E-state index contributed by atoms with van der Waals surface area (Å²) in [5.41, 5.74) is -0.606. The van der Waals surface area contributed by atoms with Gasteiger partial charge in [0.15, 0.2) is 0 Å². The highest BCUT2D eigenvalue weighted by atomic mass is 19.3. The number of halogens is 2. The molecule has 1 N–H and O–H groups in total. The van der Waals surface area contributed by atoms with E-state index in [4.69, 9.17) is 4.74 Å². The van der Waals surface area contributed by atoms with Crippen LogP contribution in [-0.4, -0.2) is 64.7 Å². The summed E-state index contributed by atoms with van der Waals surface area (Å²) in [5, 5.41) is 10.9. The highest BCUT2D eigenvalue weighted by Gasteiger charge is 2.47. The first kappa shape index (κ1) is 19.3. The summed E-state index contributed by atoms with van der Waals surface area (Å²) >= 11 is 0. The Morgan fingerprint density at radius 3 is 2.67 bits per heavy atom. The lowest BCUT2D eigenvalue weighted by atomic mass is 9.85. The maximum absolute atomic E-state index is 12.7. The predicted octanol–water partition coefficient (Wildman–Crippen LogP) is 1.55. The van der Waals surface area contributed by atoms with Crippen molar-refractivity contribution < 1.29 is 33.0 Å². The minimum atomic E-state index is -2.99. The topological polar surface area (TPSA) is 79.3 Å². The van der Waals surface area contributed by atoms with Crippen molar-refractivity contribution in [3.63, 3.8) is 0 Å². The Balaban J connectivity index is 1.98. The molecule has 0 aliphatic carbocycles. The van der Waals surface area contributed by atoms with Crippen LogP contribution in [0.4, 0.5) is 8.78 Å². The highest BCUT2D eigenvalue weighted by Crippen LogP contribution is 2.44. The van der Waals surface area contributed by atoms with Crippen molar-refractivity contribution in [1.82, 2.24) is 9.80 Å². The standard InChI is InChI=1S/C18H22F2N2O5/c1-10(23)21-6-7-22(14(24)9-21)15-12-8-11(26-17(19)20)4-5-13(12)27-18(2,3)16(15)25/h4-5,8,15-17,25H,6-7,9H2,1-3H3/t15-,16+/m0/s1. The van der Waals surface area contributed by atoms with Crippen molar-refractivity contribution in [2.75, 3.05) is 19.6 Å². The van der Waals surface area contributed by atoms with Crippen molar-refractivity contribution in [2.24, 2.45) is 0 Å². The van der Waals surface area contributed by atoms with Crippen LogP contribution in [0.1, 0.15) is 32.4 Å². The molecule has 1 aromatic rings. The highest BCUT2D eigenvalue weighted by molar-refractivity contribution is 5.85. The van der Waals surface area contributed by atoms with Gasteiger partial charge in [0, 0.05) is 25.6 Å². The van der Waals surface area contributed by atoms with Gasteiger partial charge < -0.3 is 24.4 Å². The second-order valence-electron chi connectivity index (χ2n) is 7.20. The van der Waals surface area contributed by atoms with Crippen LogP contribution in [0.15, 0.2) is 18.2 Å². The van der Waals surface area contributed by atoms with E-state index in [-0.39, 0.29) is 30.7 Å². The normalized spacial score (nSPS) is 24.5. The van der Waals surface area contributed by atoms with Crippen LogP contribution in [-0.2, 0) is 9.59 Å². The van der Waals surface area contributed by atoms with Crippen LogP contribution in [0.2, 0.25) is 0 Å². The molecule has 0 radical (unpaired) electrons. The molecule has 9 heteroatoms. The fourth-order valence-corrected chi connectivity index (χ4v) is 3.51. The van der Waals surface area contributed by atoms with E-state index < -0.39 is 24.4 Å². The van der Waals surface area contributed by atoms with Gasteiger partial charge in [-0.1, -0.05) is 0 Å². The first-order chi connectivity index (χ1) is 12.6. The summed E-state index contributed by atoms with van der Waals surface area (Å²) in [6.07, 6.45) is -1.10. The second kappa shape index (κ2) is 6.95. The fraction of sp³-hybridized carbons (Fsp3) is 0.556. The maximum Gasteiger partial charge on any atom is 0.387 e. The number of carbonyl (C=O) groups is 2. The molecular weight excluding hydrogens is 362 g/mol. The Bertz CT molecular complexity index is 755. The molecule has 0 aromatic heterocycles. The monoisotopic (exact) mass is 384 g/mol. The first-order valence-corrected chi connectivity index (χ1v) is 8.61. The lowest BCUT2D eigenvalue weighted by Crippen LogP contribution is -2.59. The third-order valence-corrected chi connectivity index (χ3v) is 4.95. The van der Waals surface area contributed by atoms with Gasteiger partial charge in [-0.3, -0.25) is 9.59 Å². The number of amides is 2. The number of nitrogens with zero attached hydrogens (tertiary/aromatic N) is 2. The zero-order chi connectivity index (χ0) is 19.9. The number of aliphatic hydroxyl groups excluding tert-OH is 1. The lowest BCUT2D eigenvalue weighted by molar-refractivity contribution is -0.155. The number of piperazine rings is 1. The molecule has 0 saturated carbocycles. The first-order valence-electron chi connectivity index (χ1n) is 8.61.